The van der Waals surface area contributed by atoms with Crippen molar-refractivity contribution in [3.8, 4) is 0 Å². The van der Waals surface area contributed by atoms with Crippen LogP contribution in [0.1, 0.15) is 30.4 Å². The first kappa shape index (κ1) is 21.5. The van der Waals surface area contributed by atoms with E-state index in [1.807, 2.05) is 65.2 Å². The zero-order valence-electron chi connectivity index (χ0n) is 18.5. The van der Waals surface area contributed by atoms with Gasteiger partial charge in [-0.1, -0.05) is 60.7 Å². The summed E-state index contributed by atoms with van der Waals surface area (Å²) in [5, 5.41) is 0. The molecule has 3 aliphatic rings. The van der Waals surface area contributed by atoms with Gasteiger partial charge in [-0.3, -0.25) is 14.6 Å². The van der Waals surface area contributed by atoms with Crippen molar-refractivity contribution in [2.45, 2.75) is 43.8 Å². The molecule has 0 bridgehead atoms. The number of hydrogen-bond acceptors (Lipinski definition) is 4. The molecule has 1 atom stereocenters. The fourth-order valence-corrected chi connectivity index (χ4v) is 6.69. The van der Waals surface area contributed by atoms with Gasteiger partial charge in [0.25, 0.3) is 5.91 Å². The van der Waals surface area contributed by atoms with Crippen molar-refractivity contribution in [1.29, 1.82) is 0 Å². The van der Waals surface area contributed by atoms with Crippen LogP contribution in [0.25, 0.3) is 0 Å². The lowest BCUT2D eigenvalue weighted by Crippen LogP contribution is -2.58. The molecule has 168 valence electrons. The van der Waals surface area contributed by atoms with Gasteiger partial charge in [-0.15, -0.1) is 0 Å². The number of carbonyl (C=O) groups excluding carboxylic acids is 2. The Hall–Kier alpha value is -2.31. The molecule has 5 rings (SSSR count). The number of likely N-dealkylation sites (tertiary alicyclic amines) is 1. The van der Waals surface area contributed by atoms with E-state index >= 15 is 0 Å². The number of rotatable bonds is 6. The van der Waals surface area contributed by atoms with Gasteiger partial charge in [-0.25, -0.2) is 4.79 Å². The molecular formula is C26H31N3O2S. The maximum Gasteiger partial charge on any atom is 0.328 e. The normalized spacial score (nSPS) is 23.4. The van der Waals surface area contributed by atoms with Crippen LogP contribution in [0.4, 0.5) is 4.79 Å². The monoisotopic (exact) mass is 449 g/mol. The summed E-state index contributed by atoms with van der Waals surface area (Å²) in [6.45, 7) is 2.72. The molecule has 2 aromatic carbocycles. The number of benzene rings is 2. The molecule has 0 aliphatic carbocycles. The quantitative estimate of drug-likeness (QED) is 0.625. The molecule has 0 N–H and O–H groups in total. The van der Waals surface area contributed by atoms with Crippen molar-refractivity contribution in [1.82, 2.24) is 14.7 Å². The zero-order valence-corrected chi connectivity index (χ0v) is 19.3. The van der Waals surface area contributed by atoms with Crippen LogP contribution in [0.2, 0.25) is 0 Å². The Morgan fingerprint density at radius 2 is 1.56 bits per heavy atom. The second kappa shape index (κ2) is 9.28. The van der Waals surface area contributed by atoms with Crippen LogP contribution in [0.3, 0.4) is 0 Å². The van der Waals surface area contributed by atoms with Gasteiger partial charge < -0.3 is 4.90 Å². The van der Waals surface area contributed by atoms with Crippen LogP contribution < -0.4 is 0 Å². The number of piperidine rings is 1. The van der Waals surface area contributed by atoms with Gasteiger partial charge in [0.15, 0.2) is 0 Å². The van der Waals surface area contributed by atoms with Crippen molar-refractivity contribution in [2.24, 2.45) is 0 Å². The third-order valence-electron chi connectivity index (χ3n) is 7.32. The van der Waals surface area contributed by atoms with Gasteiger partial charge in [-0.05, 0) is 42.6 Å². The van der Waals surface area contributed by atoms with Crippen LogP contribution in [-0.4, -0.2) is 69.4 Å². The van der Waals surface area contributed by atoms with Gasteiger partial charge >= 0.3 is 6.03 Å². The third kappa shape index (κ3) is 4.06. The van der Waals surface area contributed by atoms with E-state index in [9.17, 15) is 9.59 Å². The average Bonchev–Trinajstić information content (AvgIpc) is 3.44. The largest absolute Gasteiger partial charge is 0.328 e. The smallest absolute Gasteiger partial charge is 0.309 e. The number of carbonyl (C=O) groups is 2. The lowest BCUT2D eigenvalue weighted by Gasteiger charge is -2.44. The zero-order chi connectivity index (χ0) is 22.0. The van der Waals surface area contributed by atoms with E-state index in [4.69, 9.17) is 0 Å². The summed E-state index contributed by atoms with van der Waals surface area (Å²) in [6.07, 6.45) is 3.48. The third-order valence-corrected chi connectivity index (χ3v) is 8.46. The fourth-order valence-electron chi connectivity index (χ4n) is 5.44. The summed E-state index contributed by atoms with van der Waals surface area (Å²) in [7, 11) is 0. The lowest BCUT2D eigenvalue weighted by molar-refractivity contribution is -0.136. The minimum atomic E-state index is -0.692. The van der Waals surface area contributed by atoms with Gasteiger partial charge in [-0.2, -0.15) is 11.8 Å². The maximum absolute atomic E-state index is 13.8. The molecule has 1 unspecified atom stereocenters. The maximum atomic E-state index is 13.8. The van der Waals surface area contributed by atoms with Crippen molar-refractivity contribution in [2.75, 3.05) is 31.1 Å². The molecule has 2 aromatic rings. The molecule has 3 heterocycles. The highest BCUT2D eigenvalue weighted by Crippen LogP contribution is 2.39. The first-order chi connectivity index (χ1) is 15.7. The van der Waals surface area contributed by atoms with Gasteiger partial charge in [0.1, 0.15) is 5.54 Å². The summed E-state index contributed by atoms with van der Waals surface area (Å²) >= 11 is 2.03. The summed E-state index contributed by atoms with van der Waals surface area (Å²) in [4.78, 5) is 33.3. The van der Waals surface area contributed by atoms with Gasteiger partial charge in [0, 0.05) is 31.4 Å². The Balaban J connectivity index is 1.37. The molecule has 32 heavy (non-hydrogen) atoms. The van der Waals surface area contributed by atoms with Crippen LogP contribution in [0, 0.1) is 0 Å². The van der Waals surface area contributed by atoms with Gasteiger partial charge in [0.2, 0.25) is 0 Å². The molecule has 1 spiro atoms. The highest BCUT2D eigenvalue weighted by Gasteiger charge is 2.57. The fraction of sp³-hybridized carbons (Fsp3) is 0.462. The van der Waals surface area contributed by atoms with Crippen LogP contribution in [-0.2, 0) is 17.8 Å². The van der Waals surface area contributed by atoms with E-state index < -0.39 is 5.54 Å². The van der Waals surface area contributed by atoms with E-state index in [0.717, 1.165) is 37.9 Å². The first-order valence-corrected chi connectivity index (χ1v) is 12.9. The Kier molecular flexibility index (Phi) is 6.24. The van der Waals surface area contributed by atoms with Crippen molar-refractivity contribution >= 4 is 23.7 Å². The number of amides is 3. The molecule has 3 saturated heterocycles. The van der Waals surface area contributed by atoms with Crippen molar-refractivity contribution < 1.29 is 9.59 Å². The standard InChI is InChI=1S/C26H31N3O2S/c30-24-26(13-16-27(17-14-26)23-12-18-32-20-23)29(15-11-21-7-3-1-4-8-21)25(31)28(24)19-22-9-5-2-6-10-22/h1-10,23H,11-20H2. The summed E-state index contributed by atoms with van der Waals surface area (Å²) < 4.78 is 0. The number of urea groups is 1. The molecule has 0 aromatic heterocycles. The molecule has 3 fully saturated rings. The molecule has 0 radical (unpaired) electrons. The number of thioether (sulfide) groups is 1. The molecule has 3 aliphatic heterocycles. The second-order valence-corrected chi connectivity index (χ2v) is 10.3. The average molecular weight is 450 g/mol. The van der Waals surface area contributed by atoms with Crippen LogP contribution >= 0.6 is 11.8 Å². The minimum absolute atomic E-state index is 0.000128. The Labute approximate surface area is 194 Å². The van der Waals surface area contributed by atoms with Crippen molar-refractivity contribution in [3.63, 3.8) is 0 Å². The molecule has 6 heteroatoms. The lowest BCUT2D eigenvalue weighted by atomic mass is 9.85. The Bertz CT molecular complexity index is 938. The summed E-state index contributed by atoms with van der Waals surface area (Å²) in [5.41, 5.74) is 1.50. The first-order valence-electron chi connectivity index (χ1n) is 11.7. The van der Waals surface area contributed by atoms with Crippen LogP contribution in [0.15, 0.2) is 60.7 Å². The minimum Gasteiger partial charge on any atom is -0.309 e. The second-order valence-electron chi connectivity index (χ2n) is 9.13. The molecule has 0 saturated carbocycles. The SMILES string of the molecule is O=C1N(Cc2ccccc2)C(=O)C2(CCN(C3CCSC3)CC2)N1CCc1ccccc1. The van der Waals surface area contributed by atoms with E-state index in [2.05, 4.69) is 17.0 Å². The van der Waals surface area contributed by atoms with Crippen molar-refractivity contribution in [3.05, 3.63) is 71.8 Å². The van der Waals surface area contributed by atoms with Crippen LogP contribution in [0.5, 0.6) is 0 Å². The van der Waals surface area contributed by atoms with E-state index in [1.54, 1.807) is 0 Å². The molecular weight excluding hydrogens is 418 g/mol. The predicted molar refractivity (Wildman–Crippen MR) is 129 cm³/mol. The highest BCUT2D eigenvalue weighted by atomic mass is 32.2. The van der Waals surface area contributed by atoms with Gasteiger partial charge in [0.05, 0.1) is 6.54 Å². The number of nitrogens with zero attached hydrogens (tertiary/aromatic N) is 3. The Morgan fingerprint density at radius 1 is 0.906 bits per heavy atom. The number of imide groups is 1. The Morgan fingerprint density at radius 3 is 2.19 bits per heavy atom. The molecule has 3 amide bonds. The predicted octanol–water partition coefficient (Wildman–Crippen LogP) is 4.03. The summed E-state index contributed by atoms with van der Waals surface area (Å²) in [5.74, 6) is 2.43. The number of hydrogen-bond donors (Lipinski definition) is 0. The topological polar surface area (TPSA) is 43.9 Å². The summed E-state index contributed by atoms with van der Waals surface area (Å²) in [6, 6.07) is 20.6. The van der Waals surface area contributed by atoms with E-state index in [1.165, 1.54) is 28.4 Å². The van der Waals surface area contributed by atoms with E-state index in [-0.39, 0.29) is 11.9 Å². The molecule has 5 nitrogen and oxygen atoms in total. The highest BCUT2D eigenvalue weighted by molar-refractivity contribution is 7.99. The van der Waals surface area contributed by atoms with E-state index in [0.29, 0.717) is 19.1 Å².